The van der Waals surface area contributed by atoms with Crippen molar-refractivity contribution in [3.8, 4) is 0 Å². The van der Waals surface area contributed by atoms with E-state index in [1.807, 2.05) is 0 Å². The maximum absolute atomic E-state index is 11.0. The van der Waals surface area contributed by atoms with E-state index in [0.717, 1.165) is 19.4 Å². The van der Waals surface area contributed by atoms with E-state index >= 15 is 0 Å². The van der Waals surface area contributed by atoms with Crippen LogP contribution < -0.4 is 0 Å². The van der Waals surface area contributed by atoms with Gasteiger partial charge in [-0.15, -0.1) is 0 Å². The number of aliphatic hydroxyl groups excluding tert-OH is 2. The number of aliphatic hydroxyl groups is 2. The second-order valence-corrected chi connectivity index (χ2v) is 8.72. The summed E-state index contributed by atoms with van der Waals surface area (Å²) in [5, 5.41) is 18.6. The summed E-state index contributed by atoms with van der Waals surface area (Å²) in [5.41, 5.74) is 0. The quantitative estimate of drug-likeness (QED) is 0.192. The van der Waals surface area contributed by atoms with Gasteiger partial charge in [0.25, 0.3) is 10.1 Å². The van der Waals surface area contributed by atoms with Gasteiger partial charge in [0.05, 0.1) is 26.3 Å². The molecule has 0 saturated heterocycles. The molecule has 0 spiro atoms. The molecule has 0 amide bonds. The molecule has 0 aliphatic heterocycles. The third-order valence-electron chi connectivity index (χ3n) is 4.96. The summed E-state index contributed by atoms with van der Waals surface area (Å²) in [4.78, 5) is 0. The second kappa shape index (κ2) is 14.9. The highest BCUT2D eigenvalue weighted by atomic mass is 32.2. The van der Waals surface area contributed by atoms with E-state index < -0.39 is 10.1 Å². The Hall–Kier alpha value is -0.210. The number of unbranched alkanes of at least 4 members (excludes halogenated alkanes) is 9. The molecule has 0 saturated carbocycles. The molecule has 0 heterocycles. The van der Waals surface area contributed by atoms with Crippen LogP contribution >= 0.6 is 0 Å². The van der Waals surface area contributed by atoms with Crippen molar-refractivity contribution < 1.29 is 27.7 Å². The molecule has 0 aromatic heterocycles. The van der Waals surface area contributed by atoms with Crippen molar-refractivity contribution in [3.05, 3.63) is 0 Å². The van der Waals surface area contributed by atoms with Crippen LogP contribution in [-0.4, -0.2) is 72.8 Å². The van der Waals surface area contributed by atoms with E-state index in [9.17, 15) is 18.6 Å². The third kappa shape index (κ3) is 14.6. The molecule has 6 nitrogen and oxygen atoms in total. The van der Waals surface area contributed by atoms with Crippen LogP contribution in [-0.2, 0) is 10.1 Å². The van der Waals surface area contributed by atoms with E-state index in [-0.39, 0.29) is 25.5 Å². The molecule has 0 aliphatic rings. The summed E-state index contributed by atoms with van der Waals surface area (Å²) >= 11 is 0. The largest absolute Gasteiger partial charge is 0.391 e. The first-order chi connectivity index (χ1) is 11.9. The van der Waals surface area contributed by atoms with E-state index in [1.54, 1.807) is 0 Å². The van der Waals surface area contributed by atoms with Crippen LogP contribution in [0.25, 0.3) is 0 Å². The fraction of sp³-hybridized carbons (Fsp3) is 1.00. The molecule has 0 bridgehead atoms. The summed E-state index contributed by atoms with van der Waals surface area (Å²) in [6, 6.07) is 0. The van der Waals surface area contributed by atoms with Gasteiger partial charge in [0.2, 0.25) is 0 Å². The van der Waals surface area contributed by atoms with Gasteiger partial charge in [0, 0.05) is 0 Å². The Morgan fingerprint density at radius 3 is 1.52 bits per heavy atom. The molecule has 0 aliphatic carbocycles. The standard InChI is InChI=1S/C18H39NO5S/c1-2-3-4-5-6-7-8-9-10-11-12-19(13-16-20,14-17-21)15-18-25(22,23)24/h20-21H,2-18H2,1H3/p+1. The zero-order valence-electron chi connectivity index (χ0n) is 16.0. The van der Waals surface area contributed by atoms with Crippen molar-refractivity contribution in [2.24, 2.45) is 0 Å². The number of rotatable bonds is 18. The van der Waals surface area contributed by atoms with Gasteiger partial charge in [-0.1, -0.05) is 58.3 Å². The highest BCUT2D eigenvalue weighted by Crippen LogP contribution is 2.14. The van der Waals surface area contributed by atoms with Crippen LogP contribution in [0.2, 0.25) is 0 Å². The monoisotopic (exact) mass is 382 g/mol. The Morgan fingerprint density at radius 1 is 0.680 bits per heavy atom. The summed E-state index contributed by atoms with van der Waals surface area (Å²) in [6.07, 6.45) is 12.3. The lowest BCUT2D eigenvalue weighted by Gasteiger charge is -2.37. The predicted octanol–water partition coefficient (Wildman–Crippen LogP) is 2.60. The van der Waals surface area contributed by atoms with Gasteiger partial charge in [-0.25, -0.2) is 0 Å². The third-order valence-corrected chi connectivity index (χ3v) is 5.66. The minimum absolute atomic E-state index is 0.0523. The van der Waals surface area contributed by atoms with Crippen LogP contribution in [0.3, 0.4) is 0 Å². The molecule has 0 fully saturated rings. The van der Waals surface area contributed by atoms with Gasteiger partial charge >= 0.3 is 0 Å². The predicted molar refractivity (Wildman–Crippen MR) is 102 cm³/mol. The first-order valence-electron chi connectivity index (χ1n) is 9.91. The lowest BCUT2D eigenvalue weighted by molar-refractivity contribution is -0.926. The molecule has 0 unspecified atom stereocenters. The van der Waals surface area contributed by atoms with Crippen molar-refractivity contribution in [3.63, 3.8) is 0 Å². The lowest BCUT2D eigenvalue weighted by atomic mass is 10.1. The molecule has 25 heavy (non-hydrogen) atoms. The fourth-order valence-electron chi connectivity index (χ4n) is 3.34. The molecule has 3 N–H and O–H groups in total. The van der Waals surface area contributed by atoms with Gasteiger partial charge in [-0.3, -0.25) is 4.55 Å². The average Bonchev–Trinajstić information content (AvgIpc) is 2.54. The Balaban J connectivity index is 4.08. The molecule has 0 radical (unpaired) electrons. The van der Waals surface area contributed by atoms with Crippen molar-refractivity contribution in [2.75, 3.05) is 45.1 Å². The number of hydrogen-bond donors (Lipinski definition) is 3. The lowest BCUT2D eigenvalue weighted by Crippen LogP contribution is -2.54. The smallest absolute Gasteiger partial charge is 0.270 e. The zero-order valence-corrected chi connectivity index (χ0v) is 16.9. The fourth-order valence-corrected chi connectivity index (χ4v) is 3.96. The zero-order chi connectivity index (χ0) is 19.0. The van der Waals surface area contributed by atoms with Crippen LogP contribution in [0.5, 0.6) is 0 Å². The summed E-state index contributed by atoms with van der Waals surface area (Å²) in [6.45, 7) is 3.90. The maximum atomic E-state index is 11.0. The Bertz CT molecular complexity index is 394. The molecule has 7 heteroatoms. The summed E-state index contributed by atoms with van der Waals surface area (Å²) in [5.74, 6) is -0.329. The number of hydrogen-bond acceptors (Lipinski definition) is 4. The number of nitrogens with zero attached hydrogens (tertiary/aromatic N) is 1. The molecule has 0 aromatic rings. The maximum Gasteiger partial charge on any atom is 0.270 e. The molecule has 0 rings (SSSR count). The molecular formula is C18H40NO5S+. The SMILES string of the molecule is CCCCCCCCCCCC[N+](CCO)(CCO)CCS(=O)(=O)O. The van der Waals surface area contributed by atoms with Gasteiger partial charge in [0.1, 0.15) is 18.8 Å². The van der Waals surface area contributed by atoms with Crippen molar-refractivity contribution in [2.45, 2.75) is 71.1 Å². The van der Waals surface area contributed by atoms with Gasteiger partial charge in [0.15, 0.2) is 0 Å². The minimum Gasteiger partial charge on any atom is -0.391 e. The molecule has 152 valence electrons. The van der Waals surface area contributed by atoms with Crippen LogP contribution in [0.4, 0.5) is 0 Å². The van der Waals surface area contributed by atoms with Crippen molar-refractivity contribution in [1.29, 1.82) is 0 Å². The van der Waals surface area contributed by atoms with E-state index in [4.69, 9.17) is 4.55 Å². The van der Waals surface area contributed by atoms with Gasteiger partial charge in [-0.05, 0) is 12.8 Å². The average molecular weight is 383 g/mol. The summed E-state index contributed by atoms with van der Waals surface area (Å²) < 4.78 is 31.5. The first-order valence-corrected chi connectivity index (χ1v) is 11.5. The molecule has 0 aromatic carbocycles. The number of quaternary nitrogens is 1. The minimum atomic E-state index is -4.03. The van der Waals surface area contributed by atoms with Crippen molar-refractivity contribution in [1.82, 2.24) is 0 Å². The van der Waals surface area contributed by atoms with Crippen LogP contribution in [0, 0.1) is 0 Å². The topological polar surface area (TPSA) is 94.8 Å². The summed E-state index contributed by atoms with van der Waals surface area (Å²) in [7, 11) is -4.03. The Labute approximate surface area is 154 Å². The van der Waals surface area contributed by atoms with Gasteiger partial charge < -0.3 is 14.7 Å². The normalized spacial score (nSPS) is 12.6. The van der Waals surface area contributed by atoms with Gasteiger partial charge in [-0.2, -0.15) is 8.42 Å². The second-order valence-electron chi connectivity index (χ2n) is 7.15. The highest BCUT2D eigenvalue weighted by molar-refractivity contribution is 7.85. The van der Waals surface area contributed by atoms with Crippen molar-refractivity contribution >= 4 is 10.1 Å². The Morgan fingerprint density at radius 2 is 1.12 bits per heavy atom. The Kier molecular flexibility index (Phi) is 14.8. The molecule has 0 atom stereocenters. The van der Waals surface area contributed by atoms with E-state index in [0.29, 0.717) is 17.6 Å². The molecular weight excluding hydrogens is 342 g/mol. The van der Waals surface area contributed by atoms with Crippen LogP contribution in [0.1, 0.15) is 71.1 Å². The van der Waals surface area contributed by atoms with E-state index in [2.05, 4.69) is 6.92 Å². The van der Waals surface area contributed by atoms with Crippen LogP contribution in [0.15, 0.2) is 0 Å². The first kappa shape index (κ1) is 24.8. The van der Waals surface area contributed by atoms with E-state index in [1.165, 1.54) is 51.4 Å². The highest BCUT2D eigenvalue weighted by Gasteiger charge is 2.27.